The predicted octanol–water partition coefficient (Wildman–Crippen LogP) is 5.37. The second kappa shape index (κ2) is 8.55. The summed E-state index contributed by atoms with van der Waals surface area (Å²) < 4.78 is 0.814. The smallest absolute Gasteiger partial charge is 0.157 e. The zero-order chi connectivity index (χ0) is 23.0. The Hall–Kier alpha value is -2.92. The molecule has 0 aromatic heterocycles. The lowest BCUT2D eigenvalue weighted by Crippen LogP contribution is -2.56. The summed E-state index contributed by atoms with van der Waals surface area (Å²) in [6, 6.07) is 6.91. The van der Waals surface area contributed by atoms with Crippen LogP contribution in [0.4, 0.5) is 0 Å². The van der Waals surface area contributed by atoms with Crippen LogP contribution in [0.3, 0.4) is 0 Å². The molecule has 0 amide bonds. The van der Waals surface area contributed by atoms with Crippen molar-refractivity contribution in [1.29, 1.82) is 0 Å². The maximum Gasteiger partial charge on any atom is 0.157 e. The van der Waals surface area contributed by atoms with E-state index in [1.165, 1.54) is 11.1 Å². The lowest BCUT2D eigenvalue weighted by Gasteiger charge is -2.51. The molecule has 0 saturated heterocycles. The van der Waals surface area contributed by atoms with Crippen LogP contribution in [-0.2, 0) is 19.4 Å². The van der Waals surface area contributed by atoms with Crippen LogP contribution in [0.25, 0.3) is 0 Å². The maximum absolute atomic E-state index is 10.2. The van der Waals surface area contributed by atoms with Gasteiger partial charge in [0.15, 0.2) is 23.0 Å². The number of aromatic hydroxyl groups is 4. The van der Waals surface area contributed by atoms with E-state index in [9.17, 15) is 20.4 Å². The van der Waals surface area contributed by atoms with Crippen molar-refractivity contribution in [3.05, 3.63) is 69.8 Å². The first-order chi connectivity index (χ1) is 15.2. The Morgan fingerprint density at radius 2 is 1.50 bits per heavy atom. The fraction of sp³-hybridized carbons (Fsp3) is 0.407. The minimum Gasteiger partial charge on any atom is -0.504 e. The number of quaternary nitrogens is 1. The van der Waals surface area contributed by atoms with Gasteiger partial charge in [-0.1, -0.05) is 17.2 Å². The van der Waals surface area contributed by atoms with E-state index >= 15 is 0 Å². The zero-order valence-corrected chi connectivity index (χ0v) is 19.2. The SMILES string of the molecule is CC(C)=CCC/C(C)=C/C[N@@+]12CCc3cc(O)c(O)cc3[C@H]1Cc1cc(O)c(O)cc1C2. The predicted molar refractivity (Wildman–Crippen MR) is 126 cm³/mol. The molecular formula is C27H34NO4+. The Labute approximate surface area is 190 Å². The summed E-state index contributed by atoms with van der Waals surface area (Å²) in [5.74, 6) is -0.328. The van der Waals surface area contributed by atoms with Crippen LogP contribution in [0, 0.1) is 0 Å². The van der Waals surface area contributed by atoms with Crippen molar-refractivity contribution in [2.75, 3.05) is 13.1 Å². The molecule has 0 saturated carbocycles. The van der Waals surface area contributed by atoms with Crippen molar-refractivity contribution >= 4 is 0 Å². The number of phenolic OH excluding ortho intramolecular Hbond substituents is 4. The highest BCUT2D eigenvalue weighted by atomic mass is 16.3. The number of fused-ring (bicyclic) bond motifs is 4. The van der Waals surface area contributed by atoms with Gasteiger partial charge in [0.25, 0.3) is 0 Å². The molecule has 2 heterocycles. The largest absolute Gasteiger partial charge is 0.504 e. The van der Waals surface area contributed by atoms with E-state index in [0.29, 0.717) is 6.42 Å². The minimum absolute atomic E-state index is 0.0717. The van der Waals surface area contributed by atoms with Gasteiger partial charge in [-0.2, -0.15) is 0 Å². The molecule has 4 N–H and O–H groups in total. The topological polar surface area (TPSA) is 80.9 Å². The highest BCUT2D eigenvalue weighted by molar-refractivity contribution is 5.50. The van der Waals surface area contributed by atoms with Crippen molar-refractivity contribution in [3.63, 3.8) is 0 Å². The molecule has 4 rings (SSSR count). The van der Waals surface area contributed by atoms with Crippen molar-refractivity contribution in [3.8, 4) is 23.0 Å². The van der Waals surface area contributed by atoms with Gasteiger partial charge in [0.2, 0.25) is 0 Å². The summed E-state index contributed by atoms with van der Waals surface area (Å²) in [4.78, 5) is 0. The summed E-state index contributed by atoms with van der Waals surface area (Å²) in [5, 5.41) is 40.4. The molecule has 0 radical (unpaired) electrons. The molecule has 32 heavy (non-hydrogen) atoms. The first-order valence-corrected chi connectivity index (χ1v) is 11.4. The fourth-order valence-corrected chi connectivity index (χ4v) is 5.31. The molecule has 2 aliphatic rings. The van der Waals surface area contributed by atoms with Gasteiger partial charge in [-0.25, -0.2) is 0 Å². The first-order valence-electron chi connectivity index (χ1n) is 11.4. The van der Waals surface area contributed by atoms with E-state index in [1.54, 1.807) is 24.3 Å². The second-order valence-electron chi connectivity index (χ2n) is 9.77. The Morgan fingerprint density at radius 1 is 0.875 bits per heavy atom. The van der Waals surface area contributed by atoms with E-state index in [2.05, 4.69) is 32.9 Å². The number of benzene rings is 2. The lowest BCUT2D eigenvalue weighted by molar-refractivity contribution is -0.968. The van der Waals surface area contributed by atoms with Crippen LogP contribution in [0.5, 0.6) is 23.0 Å². The van der Waals surface area contributed by atoms with Crippen LogP contribution in [0.2, 0.25) is 0 Å². The molecule has 0 fully saturated rings. The first kappa shape index (κ1) is 22.3. The monoisotopic (exact) mass is 436 g/mol. The Morgan fingerprint density at radius 3 is 2.19 bits per heavy atom. The number of nitrogens with zero attached hydrogens (tertiary/aromatic N) is 1. The summed E-state index contributed by atoms with van der Waals surface area (Å²) in [5.41, 5.74) is 6.95. The van der Waals surface area contributed by atoms with Gasteiger partial charge in [0.05, 0.1) is 13.1 Å². The van der Waals surface area contributed by atoms with Gasteiger partial charge >= 0.3 is 0 Å². The van der Waals surface area contributed by atoms with Crippen molar-refractivity contribution in [2.45, 2.75) is 59.0 Å². The third kappa shape index (κ3) is 4.22. The molecule has 0 aliphatic carbocycles. The molecule has 2 atom stereocenters. The van der Waals surface area contributed by atoms with E-state index in [4.69, 9.17) is 0 Å². The fourth-order valence-electron chi connectivity index (χ4n) is 5.31. The van der Waals surface area contributed by atoms with E-state index in [0.717, 1.165) is 65.6 Å². The Balaban J connectivity index is 1.72. The van der Waals surface area contributed by atoms with Crippen LogP contribution < -0.4 is 0 Å². The normalized spacial score (nSPS) is 22.0. The standard InChI is InChI=1S/C27H33NO4/c1-17(2)5-4-6-18(3)7-9-28-10-8-19-12-24(29)27(32)15-22(19)23(28)11-20-13-25(30)26(31)14-21(20)16-28/h5,7,12-15,23H,4,6,8-11,16H2,1-3H3,(H3-,29,30,31,32)/p+1/b18-7+/t23-,28+/m1/s1. The average Bonchev–Trinajstić information content (AvgIpc) is 2.73. The van der Waals surface area contributed by atoms with Crippen LogP contribution >= 0.6 is 0 Å². The summed E-state index contributed by atoms with van der Waals surface area (Å²) in [6.45, 7) is 8.98. The molecule has 170 valence electrons. The van der Waals surface area contributed by atoms with E-state index in [-0.39, 0.29) is 29.0 Å². The van der Waals surface area contributed by atoms with Crippen LogP contribution in [0.1, 0.15) is 61.9 Å². The second-order valence-corrected chi connectivity index (χ2v) is 9.77. The van der Waals surface area contributed by atoms with Crippen molar-refractivity contribution in [1.82, 2.24) is 0 Å². The molecule has 0 unspecified atom stereocenters. The van der Waals surface area contributed by atoms with Gasteiger partial charge in [-0.15, -0.1) is 0 Å². The zero-order valence-electron chi connectivity index (χ0n) is 19.2. The average molecular weight is 437 g/mol. The Bertz CT molecular complexity index is 1100. The Kier molecular flexibility index (Phi) is 5.95. The van der Waals surface area contributed by atoms with E-state index < -0.39 is 0 Å². The third-order valence-corrected chi connectivity index (χ3v) is 7.17. The maximum atomic E-state index is 10.2. The van der Waals surface area contributed by atoms with Gasteiger partial charge in [0.1, 0.15) is 12.6 Å². The number of allylic oxidation sites excluding steroid dienone is 3. The molecular weight excluding hydrogens is 402 g/mol. The highest BCUT2D eigenvalue weighted by Crippen LogP contribution is 2.48. The van der Waals surface area contributed by atoms with Gasteiger partial charge in [-0.3, -0.25) is 0 Å². The van der Waals surface area contributed by atoms with Crippen LogP contribution in [-0.4, -0.2) is 38.0 Å². The van der Waals surface area contributed by atoms with Gasteiger partial charge in [0, 0.05) is 24.0 Å². The van der Waals surface area contributed by atoms with Gasteiger partial charge in [-0.05, 0) is 75.1 Å². The minimum atomic E-state index is -0.0941. The molecule has 0 spiro atoms. The number of rotatable bonds is 5. The quantitative estimate of drug-likeness (QED) is 0.288. The van der Waals surface area contributed by atoms with E-state index in [1.807, 2.05) is 0 Å². The van der Waals surface area contributed by atoms with Crippen molar-refractivity contribution in [2.24, 2.45) is 0 Å². The molecule has 5 nitrogen and oxygen atoms in total. The van der Waals surface area contributed by atoms with Gasteiger partial charge < -0.3 is 24.9 Å². The number of hydrogen-bond acceptors (Lipinski definition) is 4. The number of phenols is 4. The van der Waals surface area contributed by atoms with Crippen molar-refractivity contribution < 1.29 is 24.9 Å². The van der Waals surface area contributed by atoms with Crippen LogP contribution in [0.15, 0.2) is 47.6 Å². The summed E-state index contributed by atoms with van der Waals surface area (Å²) in [6.07, 6.45) is 8.23. The molecule has 2 aliphatic heterocycles. The third-order valence-electron chi connectivity index (χ3n) is 7.17. The molecule has 5 heteroatoms. The summed E-state index contributed by atoms with van der Waals surface area (Å²) in [7, 11) is 0. The molecule has 2 aromatic rings. The lowest BCUT2D eigenvalue weighted by atomic mass is 9.81. The highest BCUT2D eigenvalue weighted by Gasteiger charge is 2.46. The molecule has 0 bridgehead atoms. The number of hydrogen-bond donors (Lipinski definition) is 4. The summed E-state index contributed by atoms with van der Waals surface area (Å²) >= 11 is 0. The molecule has 2 aromatic carbocycles.